The van der Waals surface area contributed by atoms with E-state index in [9.17, 15) is 4.79 Å². The van der Waals surface area contributed by atoms with E-state index >= 15 is 0 Å². The summed E-state index contributed by atoms with van der Waals surface area (Å²) in [5.41, 5.74) is 0.135. The molecule has 1 atom stereocenters. The fraction of sp³-hybridized carbons (Fsp3) is 0.500. The maximum absolute atomic E-state index is 11.2. The Labute approximate surface area is 95.7 Å². The Hall–Kier alpha value is -1.42. The summed E-state index contributed by atoms with van der Waals surface area (Å²) in [6, 6.07) is 3.77. The van der Waals surface area contributed by atoms with Crippen LogP contribution in [-0.2, 0) is 11.3 Å². The predicted molar refractivity (Wildman–Crippen MR) is 62.0 cm³/mol. The van der Waals surface area contributed by atoms with Crippen molar-refractivity contribution in [3.8, 4) is 0 Å². The smallest absolute Gasteiger partial charge is 0.323 e. The van der Waals surface area contributed by atoms with Crippen molar-refractivity contribution >= 4 is 5.97 Å². The van der Waals surface area contributed by atoms with Gasteiger partial charge in [-0.1, -0.05) is 19.4 Å². The number of nitrogens with one attached hydrogen (secondary N) is 1. The Bertz CT molecular complexity index is 340. The first-order valence-electron chi connectivity index (χ1n) is 5.46. The van der Waals surface area contributed by atoms with Crippen LogP contribution in [0.25, 0.3) is 0 Å². The molecular weight excluding hydrogens is 204 g/mol. The maximum Gasteiger partial charge on any atom is 0.323 e. The van der Waals surface area contributed by atoms with Crippen molar-refractivity contribution in [2.24, 2.45) is 0 Å². The molecule has 1 unspecified atom stereocenters. The summed E-state index contributed by atoms with van der Waals surface area (Å²) in [5.74, 6) is -0.807. The number of pyridine rings is 1. The van der Waals surface area contributed by atoms with Gasteiger partial charge in [-0.05, 0) is 25.0 Å². The number of hydrogen-bond acceptors (Lipinski definition) is 3. The van der Waals surface area contributed by atoms with Gasteiger partial charge in [-0.2, -0.15) is 0 Å². The highest BCUT2D eigenvalue weighted by molar-refractivity contribution is 5.78. The van der Waals surface area contributed by atoms with Gasteiger partial charge < -0.3 is 5.11 Å². The molecule has 0 radical (unpaired) electrons. The van der Waals surface area contributed by atoms with Crippen molar-refractivity contribution in [1.82, 2.24) is 10.3 Å². The van der Waals surface area contributed by atoms with Crippen LogP contribution in [0.4, 0.5) is 0 Å². The summed E-state index contributed by atoms with van der Waals surface area (Å²) >= 11 is 0. The molecular formula is C12H18N2O2. The minimum Gasteiger partial charge on any atom is -0.480 e. The molecule has 0 saturated heterocycles. The summed E-state index contributed by atoms with van der Waals surface area (Å²) in [6.45, 7) is 4.22. The van der Waals surface area contributed by atoms with E-state index in [-0.39, 0.29) is 0 Å². The van der Waals surface area contributed by atoms with Gasteiger partial charge in [-0.15, -0.1) is 0 Å². The number of nitrogens with zero attached hydrogens (tertiary/aromatic N) is 1. The lowest BCUT2D eigenvalue weighted by Gasteiger charge is -2.25. The SMILES string of the molecule is CCCC(C)(NCc1cccnc1)C(=O)O. The molecule has 0 bridgehead atoms. The van der Waals surface area contributed by atoms with Crippen molar-refractivity contribution in [2.75, 3.05) is 0 Å². The number of carboxylic acid groups (broad SMARTS) is 1. The van der Waals surface area contributed by atoms with Crippen LogP contribution in [0.5, 0.6) is 0 Å². The first-order valence-corrected chi connectivity index (χ1v) is 5.46. The lowest BCUT2D eigenvalue weighted by Crippen LogP contribution is -2.48. The number of hydrogen-bond donors (Lipinski definition) is 2. The summed E-state index contributed by atoms with van der Waals surface area (Å²) in [7, 11) is 0. The molecule has 0 saturated carbocycles. The van der Waals surface area contributed by atoms with E-state index < -0.39 is 11.5 Å². The molecule has 1 rings (SSSR count). The van der Waals surface area contributed by atoms with Crippen molar-refractivity contribution in [3.63, 3.8) is 0 Å². The molecule has 0 fully saturated rings. The van der Waals surface area contributed by atoms with Crippen LogP contribution < -0.4 is 5.32 Å². The fourth-order valence-electron chi connectivity index (χ4n) is 1.57. The van der Waals surface area contributed by atoms with Crippen molar-refractivity contribution in [2.45, 2.75) is 38.8 Å². The highest BCUT2D eigenvalue weighted by Gasteiger charge is 2.31. The van der Waals surface area contributed by atoms with Crippen LogP contribution in [0.15, 0.2) is 24.5 Å². The molecule has 0 amide bonds. The average Bonchev–Trinajstić information content (AvgIpc) is 2.28. The van der Waals surface area contributed by atoms with E-state index in [1.165, 1.54) is 0 Å². The van der Waals surface area contributed by atoms with Crippen molar-refractivity contribution in [1.29, 1.82) is 0 Å². The first kappa shape index (κ1) is 12.6. The number of aliphatic carboxylic acids is 1. The minimum absolute atomic E-state index is 0.524. The Morgan fingerprint density at radius 1 is 1.62 bits per heavy atom. The Morgan fingerprint density at radius 2 is 2.38 bits per heavy atom. The maximum atomic E-state index is 11.2. The highest BCUT2D eigenvalue weighted by atomic mass is 16.4. The molecule has 1 heterocycles. The van der Waals surface area contributed by atoms with Crippen LogP contribution in [0.1, 0.15) is 32.3 Å². The molecule has 4 nitrogen and oxygen atoms in total. The summed E-state index contributed by atoms with van der Waals surface area (Å²) in [5, 5.41) is 12.2. The number of carboxylic acids is 1. The summed E-state index contributed by atoms with van der Waals surface area (Å²) in [4.78, 5) is 15.1. The van der Waals surface area contributed by atoms with Gasteiger partial charge in [0.2, 0.25) is 0 Å². The van der Waals surface area contributed by atoms with Crippen LogP contribution >= 0.6 is 0 Å². The third-order valence-corrected chi connectivity index (χ3v) is 2.63. The quantitative estimate of drug-likeness (QED) is 0.770. The Kier molecular flexibility index (Phi) is 4.43. The normalized spacial score (nSPS) is 14.4. The number of aromatic nitrogens is 1. The molecule has 0 aliphatic carbocycles. The van der Waals surface area contributed by atoms with E-state index in [1.54, 1.807) is 19.3 Å². The lowest BCUT2D eigenvalue weighted by molar-refractivity contribution is -0.144. The van der Waals surface area contributed by atoms with Gasteiger partial charge in [0, 0.05) is 18.9 Å². The van der Waals surface area contributed by atoms with Crippen molar-refractivity contribution in [3.05, 3.63) is 30.1 Å². The highest BCUT2D eigenvalue weighted by Crippen LogP contribution is 2.13. The van der Waals surface area contributed by atoms with Gasteiger partial charge in [0.25, 0.3) is 0 Å². The largest absolute Gasteiger partial charge is 0.480 e. The van der Waals surface area contributed by atoms with Crippen LogP contribution in [0, 0.1) is 0 Å². The molecule has 88 valence electrons. The fourth-order valence-corrected chi connectivity index (χ4v) is 1.57. The molecule has 2 N–H and O–H groups in total. The molecule has 0 spiro atoms. The second-order valence-electron chi connectivity index (χ2n) is 4.10. The van der Waals surface area contributed by atoms with Crippen LogP contribution in [0.3, 0.4) is 0 Å². The molecule has 4 heteroatoms. The second kappa shape index (κ2) is 5.61. The standard InChI is InChI=1S/C12H18N2O2/c1-3-6-12(2,11(15)16)14-9-10-5-4-7-13-8-10/h4-5,7-8,14H,3,6,9H2,1-2H3,(H,15,16). The minimum atomic E-state index is -0.857. The predicted octanol–water partition coefficient (Wildman–Crippen LogP) is 1.81. The zero-order valence-corrected chi connectivity index (χ0v) is 9.73. The van der Waals surface area contributed by atoms with Gasteiger partial charge in [0.15, 0.2) is 0 Å². The van der Waals surface area contributed by atoms with E-state index in [4.69, 9.17) is 5.11 Å². The molecule has 1 aromatic heterocycles. The molecule has 16 heavy (non-hydrogen) atoms. The third kappa shape index (κ3) is 3.31. The van der Waals surface area contributed by atoms with Crippen molar-refractivity contribution < 1.29 is 9.90 Å². The Morgan fingerprint density at radius 3 is 2.88 bits per heavy atom. The average molecular weight is 222 g/mol. The molecule has 0 aliphatic heterocycles. The zero-order chi connectivity index (χ0) is 12.0. The first-order chi connectivity index (χ1) is 7.58. The molecule has 1 aromatic rings. The van der Waals surface area contributed by atoms with Crippen LogP contribution in [0.2, 0.25) is 0 Å². The van der Waals surface area contributed by atoms with Gasteiger partial charge >= 0.3 is 5.97 Å². The lowest BCUT2D eigenvalue weighted by atomic mass is 9.96. The van der Waals surface area contributed by atoms with Gasteiger partial charge in [-0.25, -0.2) is 0 Å². The van der Waals surface area contributed by atoms with E-state index in [2.05, 4.69) is 10.3 Å². The Balaban J connectivity index is 2.60. The van der Waals surface area contributed by atoms with Gasteiger partial charge in [-0.3, -0.25) is 15.1 Å². The van der Waals surface area contributed by atoms with Gasteiger partial charge in [0.1, 0.15) is 5.54 Å². The molecule has 0 aromatic carbocycles. The second-order valence-corrected chi connectivity index (χ2v) is 4.10. The third-order valence-electron chi connectivity index (χ3n) is 2.63. The topological polar surface area (TPSA) is 62.2 Å². The number of rotatable bonds is 6. The van der Waals surface area contributed by atoms with E-state index in [0.717, 1.165) is 12.0 Å². The molecule has 0 aliphatic rings. The summed E-state index contributed by atoms with van der Waals surface area (Å²) in [6.07, 6.45) is 4.89. The van der Waals surface area contributed by atoms with E-state index in [0.29, 0.717) is 13.0 Å². The van der Waals surface area contributed by atoms with E-state index in [1.807, 2.05) is 19.1 Å². The number of carbonyl (C=O) groups is 1. The van der Waals surface area contributed by atoms with Gasteiger partial charge in [0.05, 0.1) is 0 Å². The zero-order valence-electron chi connectivity index (χ0n) is 9.73. The summed E-state index contributed by atoms with van der Waals surface area (Å²) < 4.78 is 0. The monoisotopic (exact) mass is 222 g/mol. The van der Waals surface area contributed by atoms with Crippen LogP contribution in [-0.4, -0.2) is 21.6 Å².